The molecule has 1 aromatic heterocycles. The van der Waals surface area contributed by atoms with Gasteiger partial charge in [-0.2, -0.15) is 0 Å². The number of hydrogen-bond donors (Lipinski definition) is 2. The van der Waals surface area contributed by atoms with Crippen molar-refractivity contribution in [2.24, 2.45) is 17.5 Å². The van der Waals surface area contributed by atoms with Gasteiger partial charge >= 0.3 is 0 Å². The highest BCUT2D eigenvalue weighted by molar-refractivity contribution is 14.0. The van der Waals surface area contributed by atoms with Gasteiger partial charge in [-0.3, -0.25) is 4.99 Å². The van der Waals surface area contributed by atoms with E-state index in [1.807, 2.05) is 24.6 Å². The number of guanidine groups is 1. The summed E-state index contributed by atoms with van der Waals surface area (Å²) in [4.78, 5) is 4.28. The maximum Gasteiger partial charge on any atom is 0.191 e. The summed E-state index contributed by atoms with van der Waals surface area (Å²) in [7, 11) is 3.67. The van der Waals surface area contributed by atoms with Gasteiger partial charge in [0.2, 0.25) is 0 Å². The summed E-state index contributed by atoms with van der Waals surface area (Å²) in [5.41, 5.74) is 1.39. The first-order chi connectivity index (χ1) is 11.0. The summed E-state index contributed by atoms with van der Waals surface area (Å²) >= 11 is 12.1. The molecular weight excluding hydrogens is 462 g/mol. The Hall–Kier alpha value is -0.180. The Morgan fingerprint density at radius 1 is 1.38 bits per heavy atom. The van der Waals surface area contributed by atoms with Gasteiger partial charge in [0.1, 0.15) is 5.15 Å². The minimum atomic E-state index is 0. The van der Waals surface area contributed by atoms with E-state index < -0.39 is 0 Å². The quantitative estimate of drug-likeness (QED) is 0.253. The Morgan fingerprint density at radius 2 is 2.08 bits per heavy atom. The Labute approximate surface area is 171 Å². The molecule has 1 fully saturated rings. The molecule has 0 amide bonds. The van der Waals surface area contributed by atoms with Crippen LogP contribution in [-0.4, -0.2) is 37.3 Å². The van der Waals surface area contributed by atoms with E-state index in [1.165, 1.54) is 12.8 Å². The molecule has 5 nitrogen and oxygen atoms in total. The predicted octanol–water partition coefficient (Wildman–Crippen LogP) is 3.82. The van der Waals surface area contributed by atoms with Gasteiger partial charge in [0, 0.05) is 39.5 Å². The second-order valence-electron chi connectivity index (χ2n) is 6.06. The van der Waals surface area contributed by atoms with E-state index in [1.54, 1.807) is 7.05 Å². The van der Waals surface area contributed by atoms with Crippen LogP contribution in [0.25, 0.3) is 0 Å². The zero-order valence-corrected chi connectivity index (χ0v) is 18.3. The molecule has 1 aliphatic carbocycles. The SMILES string of the molecule is CCOCCC1(CNC(=NC)NCc2cc(Cl)c(Cl)n2C)CC1.I. The third-order valence-electron chi connectivity index (χ3n) is 4.45. The average Bonchev–Trinajstić information content (AvgIpc) is 3.27. The zero-order chi connectivity index (χ0) is 16.9. The minimum absolute atomic E-state index is 0. The molecule has 2 N–H and O–H groups in total. The standard InChI is InChI=1S/C16H26Cl2N4O.HI/c1-4-23-8-7-16(5-6-16)11-21-15(19-2)20-10-12-9-13(17)14(18)22(12)3;/h9H,4-8,10-11H2,1-3H3,(H2,19,20,21);1H. The van der Waals surface area contributed by atoms with E-state index in [4.69, 9.17) is 27.9 Å². The summed E-state index contributed by atoms with van der Waals surface area (Å²) in [5.74, 6) is 0.793. The van der Waals surface area contributed by atoms with Crippen molar-refractivity contribution in [3.8, 4) is 0 Å². The van der Waals surface area contributed by atoms with Crippen LogP contribution in [0.15, 0.2) is 11.1 Å². The molecule has 1 heterocycles. The predicted molar refractivity (Wildman–Crippen MR) is 112 cm³/mol. The molecule has 1 aromatic rings. The number of rotatable bonds is 8. The van der Waals surface area contributed by atoms with Crippen LogP contribution in [0.4, 0.5) is 0 Å². The Balaban J connectivity index is 0.00000288. The van der Waals surface area contributed by atoms with Crippen LogP contribution in [0.3, 0.4) is 0 Å². The van der Waals surface area contributed by atoms with Crippen molar-refractivity contribution in [1.29, 1.82) is 0 Å². The molecule has 0 aromatic carbocycles. The lowest BCUT2D eigenvalue weighted by molar-refractivity contribution is 0.128. The number of ether oxygens (including phenoxy) is 1. The van der Waals surface area contributed by atoms with Gasteiger partial charge in [-0.1, -0.05) is 23.2 Å². The Bertz CT molecular complexity index is 559. The van der Waals surface area contributed by atoms with Crippen molar-refractivity contribution in [2.45, 2.75) is 32.7 Å². The highest BCUT2D eigenvalue weighted by Crippen LogP contribution is 2.48. The number of nitrogens with zero attached hydrogens (tertiary/aromatic N) is 2. The van der Waals surface area contributed by atoms with E-state index in [9.17, 15) is 0 Å². The van der Waals surface area contributed by atoms with Crippen LogP contribution in [0.1, 0.15) is 31.9 Å². The fourth-order valence-electron chi connectivity index (χ4n) is 2.55. The fraction of sp³-hybridized carbons (Fsp3) is 0.688. The van der Waals surface area contributed by atoms with Gasteiger partial charge in [-0.25, -0.2) is 0 Å². The smallest absolute Gasteiger partial charge is 0.191 e. The Morgan fingerprint density at radius 3 is 2.58 bits per heavy atom. The molecule has 0 saturated heterocycles. The first-order valence-corrected chi connectivity index (χ1v) is 8.79. The fourth-order valence-corrected chi connectivity index (χ4v) is 2.97. The van der Waals surface area contributed by atoms with Crippen molar-refractivity contribution < 1.29 is 4.74 Å². The van der Waals surface area contributed by atoms with Gasteiger partial charge in [0.05, 0.1) is 11.6 Å². The highest BCUT2D eigenvalue weighted by Gasteiger charge is 2.41. The van der Waals surface area contributed by atoms with Crippen molar-refractivity contribution in [2.75, 3.05) is 26.8 Å². The van der Waals surface area contributed by atoms with Gasteiger partial charge in [0.25, 0.3) is 0 Å². The summed E-state index contributed by atoms with van der Waals surface area (Å²) in [5, 5.41) is 7.85. The van der Waals surface area contributed by atoms with Crippen molar-refractivity contribution in [3.05, 3.63) is 21.9 Å². The zero-order valence-electron chi connectivity index (χ0n) is 14.5. The first kappa shape index (κ1) is 21.9. The molecule has 24 heavy (non-hydrogen) atoms. The minimum Gasteiger partial charge on any atom is -0.382 e. The first-order valence-electron chi connectivity index (χ1n) is 8.03. The van der Waals surface area contributed by atoms with Gasteiger partial charge in [-0.05, 0) is 37.7 Å². The molecule has 0 spiro atoms. The van der Waals surface area contributed by atoms with Crippen LogP contribution in [0.5, 0.6) is 0 Å². The number of aliphatic imine (C=N–C) groups is 1. The molecule has 0 aliphatic heterocycles. The molecule has 0 bridgehead atoms. The molecule has 1 saturated carbocycles. The lowest BCUT2D eigenvalue weighted by atomic mass is 10.0. The lowest BCUT2D eigenvalue weighted by Gasteiger charge is -2.18. The number of aromatic nitrogens is 1. The van der Waals surface area contributed by atoms with Crippen LogP contribution in [-0.2, 0) is 18.3 Å². The third kappa shape index (κ3) is 5.97. The molecule has 0 unspecified atom stereocenters. The maximum absolute atomic E-state index is 6.08. The summed E-state index contributed by atoms with van der Waals surface area (Å²) < 4.78 is 7.34. The van der Waals surface area contributed by atoms with Gasteiger partial charge in [0.15, 0.2) is 5.96 Å². The highest BCUT2D eigenvalue weighted by atomic mass is 127. The maximum atomic E-state index is 6.08. The lowest BCUT2D eigenvalue weighted by Crippen LogP contribution is -2.40. The van der Waals surface area contributed by atoms with E-state index in [0.29, 0.717) is 22.1 Å². The Kier molecular flexibility index (Phi) is 9.19. The second-order valence-corrected chi connectivity index (χ2v) is 6.82. The average molecular weight is 489 g/mol. The van der Waals surface area contributed by atoms with Crippen molar-refractivity contribution in [1.82, 2.24) is 15.2 Å². The van der Waals surface area contributed by atoms with Gasteiger partial charge < -0.3 is 19.9 Å². The molecule has 0 radical (unpaired) electrons. The largest absolute Gasteiger partial charge is 0.382 e. The van der Waals surface area contributed by atoms with Crippen LogP contribution in [0.2, 0.25) is 10.2 Å². The summed E-state index contributed by atoms with van der Waals surface area (Å²) in [6.07, 6.45) is 3.62. The number of nitrogens with one attached hydrogen (secondary N) is 2. The topological polar surface area (TPSA) is 50.6 Å². The van der Waals surface area contributed by atoms with Crippen LogP contribution < -0.4 is 10.6 Å². The van der Waals surface area contributed by atoms with Crippen LogP contribution >= 0.6 is 47.2 Å². The van der Waals surface area contributed by atoms with E-state index in [-0.39, 0.29) is 24.0 Å². The van der Waals surface area contributed by atoms with Crippen molar-refractivity contribution >= 4 is 53.1 Å². The monoisotopic (exact) mass is 488 g/mol. The third-order valence-corrected chi connectivity index (χ3v) is 5.29. The second kappa shape index (κ2) is 10.1. The normalized spacial score (nSPS) is 15.8. The number of hydrogen-bond acceptors (Lipinski definition) is 2. The molecule has 1 aliphatic rings. The molecule has 0 atom stereocenters. The van der Waals surface area contributed by atoms with Gasteiger partial charge in [-0.15, -0.1) is 24.0 Å². The van der Waals surface area contributed by atoms with E-state index in [0.717, 1.165) is 37.8 Å². The van der Waals surface area contributed by atoms with Crippen LogP contribution in [0, 0.1) is 5.41 Å². The summed E-state index contributed by atoms with van der Waals surface area (Å²) in [6.45, 7) is 5.20. The van der Waals surface area contributed by atoms with E-state index >= 15 is 0 Å². The summed E-state index contributed by atoms with van der Waals surface area (Å²) in [6, 6.07) is 1.87. The molecule has 138 valence electrons. The molecular formula is C16H27Cl2IN4O. The van der Waals surface area contributed by atoms with E-state index in [2.05, 4.69) is 15.6 Å². The molecule has 2 rings (SSSR count). The van der Waals surface area contributed by atoms with Crippen molar-refractivity contribution in [3.63, 3.8) is 0 Å². The molecule has 8 heteroatoms. The number of halogens is 3.